The van der Waals surface area contributed by atoms with Crippen molar-refractivity contribution >= 4 is 34.3 Å². The smallest absolute Gasteiger partial charge is 0.270 e. The van der Waals surface area contributed by atoms with E-state index in [0.29, 0.717) is 10.6 Å². The second kappa shape index (κ2) is 6.99. The number of likely N-dealkylation sites (N-methyl/N-ethyl adjacent to an activating group) is 1. The Balaban J connectivity index is 1.94. The standard InChI is InChI=1S/C19H18ClN3O2/c1-23(2)19(25)16(12-8-4-3-5-9-12)22-18(24)17-15(20)13-10-6-7-11-14(13)21-17/h3-11,16,21H,1-2H3,(H,22,24). The van der Waals surface area contributed by atoms with E-state index in [2.05, 4.69) is 10.3 Å². The molecule has 1 aromatic heterocycles. The largest absolute Gasteiger partial charge is 0.349 e. The zero-order chi connectivity index (χ0) is 18.0. The Bertz CT molecular complexity index is 919. The van der Waals surface area contributed by atoms with E-state index >= 15 is 0 Å². The minimum atomic E-state index is -0.786. The summed E-state index contributed by atoms with van der Waals surface area (Å²) < 4.78 is 0. The van der Waals surface area contributed by atoms with Crippen LogP contribution in [0.5, 0.6) is 0 Å². The van der Waals surface area contributed by atoms with E-state index < -0.39 is 11.9 Å². The third kappa shape index (κ3) is 3.37. The molecular weight excluding hydrogens is 338 g/mol. The highest BCUT2D eigenvalue weighted by molar-refractivity contribution is 6.38. The molecule has 2 N–H and O–H groups in total. The minimum absolute atomic E-state index is 0.216. The number of H-pyrrole nitrogens is 1. The first kappa shape index (κ1) is 17.0. The summed E-state index contributed by atoms with van der Waals surface area (Å²) in [6.07, 6.45) is 0. The summed E-state index contributed by atoms with van der Waals surface area (Å²) in [4.78, 5) is 29.8. The number of benzene rings is 2. The van der Waals surface area contributed by atoms with E-state index in [4.69, 9.17) is 11.6 Å². The van der Waals surface area contributed by atoms with Crippen LogP contribution >= 0.6 is 11.6 Å². The lowest BCUT2D eigenvalue weighted by molar-refractivity contribution is -0.130. The fourth-order valence-electron chi connectivity index (χ4n) is 2.66. The van der Waals surface area contributed by atoms with Crippen LogP contribution in [0.25, 0.3) is 10.9 Å². The fraction of sp³-hybridized carbons (Fsp3) is 0.158. The first-order chi connectivity index (χ1) is 12.0. The van der Waals surface area contributed by atoms with Crippen molar-refractivity contribution in [2.45, 2.75) is 6.04 Å². The Kier molecular flexibility index (Phi) is 4.76. The second-order valence-corrected chi connectivity index (χ2v) is 6.29. The SMILES string of the molecule is CN(C)C(=O)C(NC(=O)c1[nH]c2ccccc2c1Cl)c1ccccc1. The van der Waals surface area contributed by atoms with Gasteiger partial charge in [-0.3, -0.25) is 9.59 Å². The summed E-state index contributed by atoms with van der Waals surface area (Å²) in [7, 11) is 3.31. The van der Waals surface area contributed by atoms with Crippen LogP contribution in [0.1, 0.15) is 22.1 Å². The lowest BCUT2D eigenvalue weighted by Crippen LogP contribution is -2.40. The van der Waals surface area contributed by atoms with E-state index in [9.17, 15) is 9.59 Å². The van der Waals surface area contributed by atoms with Crippen molar-refractivity contribution in [1.29, 1.82) is 0 Å². The molecule has 128 valence electrons. The van der Waals surface area contributed by atoms with Gasteiger partial charge in [0.2, 0.25) is 5.91 Å². The van der Waals surface area contributed by atoms with Gasteiger partial charge in [-0.05, 0) is 11.6 Å². The van der Waals surface area contributed by atoms with E-state index in [-0.39, 0.29) is 11.6 Å². The summed E-state index contributed by atoms with van der Waals surface area (Å²) in [5.41, 5.74) is 1.73. The molecule has 0 saturated carbocycles. The maximum atomic E-state index is 12.7. The van der Waals surface area contributed by atoms with Crippen molar-refractivity contribution in [1.82, 2.24) is 15.2 Å². The first-order valence-electron chi connectivity index (χ1n) is 7.82. The van der Waals surface area contributed by atoms with Crippen molar-refractivity contribution in [3.8, 4) is 0 Å². The fourth-order valence-corrected chi connectivity index (χ4v) is 2.96. The Morgan fingerprint density at radius 1 is 1.04 bits per heavy atom. The zero-order valence-electron chi connectivity index (χ0n) is 13.9. The summed E-state index contributed by atoms with van der Waals surface area (Å²) in [6.45, 7) is 0. The van der Waals surface area contributed by atoms with Gasteiger partial charge in [0.15, 0.2) is 0 Å². The molecule has 0 aliphatic carbocycles. The molecule has 0 fully saturated rings. The van der Waals surface area contributed by atoms with Crippen LogP contribution in [0, 0.1) is 0 Å². The number of aromatic amines is 1. The van der Waals surface area contributed by atoms with Crippen LogP contribution < -0.4 is 5.32 Å². The Hall–Kier alpha value is -2.79. The number of amides is 2. The van der Waals surface area contributed by atoms with Crippen LogP contribution in [-0.4, -0.2) is 35.8 Å². The van der Waals surface area contributed by atoms with Crippen LogP contribution in [0.4, 0.5) is 0 Å². The number of rotatable bonds is 4. The lowest BCUT2D eigenvalue weighted by atomic mass is 10.1. The molecule has 0 aliphatic heterocycles. The number of carbonyl (C=O) groups excluding carboxylic acids is 2. The predicted octanol–water partition coefficient (Wildman–Crippen LogP) is 3.38. The van der Waals surface area contributed by atoms with Gasteiger partial charge in [0.05, 0.1) is 5.02 Å². The molecule has 2 amide bonds. The van der Waals surface area contributed by atoms with Crippen LogP contribution in [0.3, 0.4) is 0 Å². The molecule has 1 unspecified atom stereocenters. The molecule has 25 heavy (non-hydrogen) atoms. The number of para-hydroxylation sites is 1. The second-order valence-electron chi connectivity index (χ2n) is 5.91. The van der Waals surface area contributed by atoms with Crippen LogP contribution in [0.2, 0.25) is 5.02 Å². The number of carbonyl (C=O) groups is 2. The van der Waals surface area contributed by atoms with Crippen LogP contribution in [0.15, 0.2) is 54.6 Å². The van der Waals surface area contributed by atoms with Crippen molar-refractivity contribution in [3.63, 3.8) is 0 Å². The molecule has 1 atom stereocenters. The molecule has 3 rings (SSSR count). The average Bonchev–Trinajstić information content (AvgIpc) is 2.97. The minimum Gasteiger partial charge on any atom is -0.349 e. The van der Waals surface area contributed by atoms with Gasteiger partial charge >= 0.3 is 0 Å². The molecule has 6 heteroatoms. The molecule has 5 nitrogen and oxygen atoms in total. The molecule has 3 aromatic rings. The number of hydrogen-bond donors (Lipinski definition) is 2. The highest BCUT2D eigenvalue weighted by Crippen LogP contribution is 2.27. The summed E-state index contributed by atoms with van der Waals surface area (Å²) in [6, 6.07) is 15.7. The van der Waals surface area contributed by atoms with Crippen molar-refractivity contribution in [3.05, 3.63) is 70.9 Å². The van der Waals surface area contributed by atoms with E-state index in [1.807, 2.05) is 42.5 Å². The summed E-state index contributed by atoms with van der Waals surface area (Å²) >= 11 is 6.34. The number of nitrogens with one attached hydrogen (secondary N) is 2. The van der Waals surface area contributed by atoms with Crippen molar-refractivity contribution < 1.29 is 9.59 Å². The molecule has 1 heterocycles. The molecule has 0 bridgehead atoms. The maximum Gasteiger partial charge on any atom is 0.270 e. The highest BCUT2D eigenvalue weighted by atomic mass is 35.5. The van der Waals surface area contributed by atoms with Crippen LogP contribution in [-0.2, 0) is 4.79 Å². The number of halogens is 1. The molecule has 0 spiro atoms. The van der Waals surface area contributed by atoms with Gasteiger partial charge < -0.3 is 15.2 Å². The lowest BCUT2D eigenvalue weighted by Gasteiger charge is -2.22. The van der Waals surface area contributed by atoms with Gasteiger partial charge in [0, 0.05) is 25.0 Å². The van der Waals surface area contributed by atoms with E-state index in [1.165, 1.54) is 4.90 Å². The topological polar surface area (TPSA) is 65.2 Å². The molecular formula is C19H18ClN3O2. The van der Waals surface area contributed by atoms with Gasteiger partial charge in [-0.15, -0.1) is 0 Å². The Labute approximate surface area is 150 Å². The van der Waals surface area contributed by atoms with Crippen molar-refractivity contribution in [2.75, 3.05) is 14.1 Å². The highest BCUT2D eigenvalue weighted by Gasteiger charge is 2.26. The van der Waals surface area contributed by atoms with Gasteiger partial charge in [-0.1, -0.05) is 60.1 Å². The zero-order valence-corrected chi connectivity index (χ0v) is 14.7. The number of nitrogens with zero attached hydrogens (tertiary/aromatic N) is 1. The third-order valence-corrected chi connectivity index (χ3v) is 4.36. The molecule has 0 aliphatic rings. The van der Waals surface area contributed by atoms with E-state index in [0.717, 1.165) is 10.9 Å². The van der Waals surface area contributed by atoms with E-state index in [1.54, 1.807) is 26.2 Å². The van der Waals surface area contributed by atoms with Gasteiger partial charge in [-0.25, -0.2) is 0 Å². The Morgan fingerprint density at radius 3 is 2.32 bits per heavy atom. The van der Waals surface area contributed by atoms with Gasteiger partial charge in [0.1, 0.15) is 11.7 Å². The Morgan fingerprint density at radius 2 is 1.68 bits per heavy atom. The normalized spacial score (nSPS) is 12.0. The predicted molar refractivity (Wildman–Crippen MR) is 98.7 cm³/mol. The quantitative estimate of drug-likeness (QED) is 0.753. The van der Waals surface area contributed by atoms with Crippen molar-refractivity contribution in [2.24, 2.45) is 0 Å². The van der Waals surface area contributed by atoms with Gasteiger partial charge in [-0.2, -0.15) is 0 Å². The average molecular weight is 356 g/mol. The number of hydrogen-bond acceptors (Lipinski definition) is 2. The maximum absolute atomic E-state index is 12.7. The molecule has 0 radical (unpaired) electrons. The third-order valence-electron chi connectivity index (χ3n) is 3.97. The monoisotopic (exact) mass is 355 g/mol. The molecule has 0 saturated heterocycles. The summed E-state index contributed by atoms with van der Waals surface area (Å²) in [5, 5.41) is 3.90. The number of aromatic nitrogens is 1. The first-order valence-corrected chi connectivity index (χ1v) is 8.20. The molecule has 2 aromatic carbocycles. The van der Waals surface area contributed by atoms with Gasteiger partial charge in [0.25, 0.3) is 5.91 Å². The summed E-state index contributed by atoms with van der Waals surface area (Å²) in [5.74, 6) is -0.642. The number of fused-ring (bicyclic) bond motifs is 1.